The topological polar surface area (TPSA) is 50.4 Å². The zero-order valence-electron chi connectivity index (χ0n) is 15.0. The Bertz CT molecular complexity index is 946. The number of nitrogens with one attached hydrogen (secondary N) is 2. The van der Waals surface area contributed by atoms with Crippen LogP contribution in [0, 0.1) is 5.82 Å². The van der Waals surface area contributed by atoms with E-state index in [9.17, 15) is 9.18 Å². The molecule has 2 N–H and O–H groups in total. The largest absolute Gasteiger partial charge is 0.493 e. The third-order valence-electron chi connectivity index (χ3n) is 3.93. The molecule has 142 valence electrons. The Balaban J connectivity index is 1.48. The van der Waals surface area contributed by atoms with Crippen molar-refractivity contribution in [1.29, 1.82) is 0 Å². The molecule has 0 aromatic heterocycles. The second kappa shape index (κ2) is 9.62. The molecule has 3 aromatic rings. The van der Waals surface area contributed by atoms with E-state index in [2.05, 4.69) is 22.8 Å². The number of ether oxygens (including phenoxy) is 1. The van der Waals surface area contributed by atoms with Crippen molar-refractivity contribution in [2.24, 2.45) is 0 Å². The minimum absolute atomic E-state index is 0.0961. The van der Waals surface area contributed by atoms with Crippen LogP contribution in [0.1, 0.15) is 15.9 Å². The molecule has 0 spiro atoms. The molecule has 0 radical (unpaired) electrons. The monoisotopic (exact) mass is 394 g/mol. The Kier molecular flexibility index (Phi) is 6.70. The van der Waals surface area contributed by atoms with Gasteiger partial charge in [0.1, 0.15) is 11.6 Å². The van der Waals surface area contributed by atoms with Gasteiger partial charge in [-0.15, -0.1) is 0 Å². The normalized spacial score (nSPS) is 10.2. The standard InChI is InChI=1S/C22H19FN2O2S/c23-18-7-4-8-19(15-18)24-22(28)25-21(26)17-9-11-20(12-10-17)27-14-13-16-5-2-1-3-6-16/h1-12,15H,13-14H2,(H2,24,25,26,28). The number of amides is 1. The van der Waals surface area contributed by atoms with Crippen molar-refractivity contribution < 1.29 is 13.9 Å². The predicted molar refractivity (Wildman–Crippen MR) is 112 cm³/mol. The summed E-state index contributed by atoms with van der Waals surface area (Å²) in [6, 6.07) is 22.7. The summed E-state index contributed by atoms with van der Waals surface area (Å²) in [6.07, 6.45) is 0.809. The van der Waals surface area contributed by atoms with Gasteiger partial charge in [0.2, 0.25) is 0 Å². The third kappa shape index (κ3) is 5.89. The molecule has 0 bridgehead atoms. The van der Waals surface area contributed by atoms with Crippen molar-refractivity contribution in [2.75, 3.05) is 11.9 Å². The van der Waals surface area contributed by atoms with Gasteiger partial charge in [-0.2, -0.15) is 0 Å². The number of hydrogen-bond acceptors (Lipinski definition) is 3. The van der Waals surface area contributed by atoms with E-state index in [4.69, 9.17) is 17.0 Å². The summed E-state index contributed by atoms with van der Waals surface area (Å²) in [7, 11) is 0. The number of anilines is 1. The Morgan fingerprint density at radius 2 is 1.71 bits per heavy atom. The minimum Gasteiger partial charge on any atom is -0.493 e. The van der Waals surface area contributed by atoms with Gasteiger partial charge in [0.05, 0.1) is 6.61 Å². The summed E-state index contributed by atoms with van der Waals surface area (Å²) in [5.74, 6) is -0.0559. The molecular weight excluding hydrogens is 375 g/mol. The molecule has 28 heavy (non-hydrogen) atoms. The van der Waals surface area contributed by atoms with Crippen molar-refractivity contribution in [2.45, 2.75) is 6.42 Å². The number of rotatable bonds is 6. The molecule has 0 aliphatic carbocycles. The summed E-state index contributed by atoms with van der Waals surface area (Å²) in [6.45, 7) is 0.553. The summed E-state index contributed by atoms with van der Waals surface area (Å²) in [5, 5.41) is 5.44. The van der Waals surface area contributed by atoms with E-state index in [0.29, 0.717) is 23.6 Å². The fraction of sp³-hybridized carbons (Fsp3) is 0.0909. The maximum Gasteiger partial charge on any atom is 0.257 e. The Morgan fingerprint density at radius 3 is 2.43 bits per heavy atom. The zero-order valence-corrected chi connectivity index (χ0v) is 15.8. The number of carbonyl (C=O) groups is 1. The quantitative estimate of drug-likeness (QED) is 0.601. The van der Waals surface area contributed by atoms with Gasteiger partial charge in [-0.25, -0.2) is 4.39 Å². The van der Waals surface area contributed by atoms with E-state index < -0.39 is 0 Å². The van der Waals surface area contributed by atoms with Crippen molar-refractivity contribution in [3.05, 3.63) is 95.8 Å². The van der Waals surface area contributed by atoms with Crippen molar-refractivity contribution in [1.82, 2.24) is 5.32 Å². The first kappa shape index (κ1) is 19.5. The smallest absolute Gasteiger partial charge is 0.257 e. The third-order valence-corrected chi connectivity index (χ3v) is 4.13. The molecule has 0 aliphatic rings. The van der Waals surface area contributed by atoms with Gasteiger partial charge in [0, 0.05) is 17.7 Å². The molecule has 0 saturated heterocycles. The first-order valence-corrected chi connectivity index (χ1v) is 9.16. The summed E-state index contributed by atoms with van der Waals surface area (Å²) >= 11 is 5.09. The van der Waals surface area contributed by atoms with Crippen LogP contribution in [0.3, 0.4) is 0 Å². The van der Waals surface area contributed by atoms with Gasteiger partial charge in [-0.05, 0) is 60.2 Å². The van der Waals surface area contributed by atoms with Crippen LogP contribution in [0.4, 0.5) is 10.1 Å². The van der Waals surface area contributed by atoms with Gasteiger partial charge < -0.3 is 10.1 Å². The molecule has 3 aromatic carbocycles. The maximum atomic E-state index is 13.2. The van der Waals surface area contributed by atoms with Gasteiger partial charge >= 0.3 is 0 Å². The van der Waals surface area contributed by atoms with Crippen LogP contribution in [-0.2, 0) is 6.42 Å². The van der Waals surface area contributed by atoms with Crippen LogP contribution < -0.4 is 15.4 Å². The van der Waals surface area contributed by atoms with Gasteiger partial charge in [-0.3, -0.25) is 10.1 Å². The van der Waals surface area contributed by atoms with Crippen LogP contribution in [-0.4, -0.2) is 17.6 Å². The molecule has 0 fully saturated rings. The number of thiocarbonyl (C=S) groups is 1. The zero-order chi connectivity index (χ0) is 19.8. The lowest BCUT2D eigenvalue weighted by Gasteiger charge is -2.10. The molecule has 0 unspecified atom stereocenters. The minimum atomic E-state index is -0.387. The lowest BCUT2D eigenvalue weighted by molar-refractivity contribution is 0.0977. The average Bonchev–Trinajstić information content (AvgIpc) is 2.69. The first-order valence-electron chi connectivity index (χ1n) is 8.75. The highest BCUT2D eigenvalue weighted by Gasteiger charge is 2.08. The van der Waals surface area contributed by atoms with E-state index in [0.717, 1.165) is 6.42 Å². The number of benzene rings is 3. The van der Waals surface area contributed by atoms with Crippen molar-refractivity contribution in [3.63, 3.8) is 0 Å². The Labute approximate surface area is 168 Å². The highest BCUT2D eigenvalue weighted by atomic mass is 32.1. The highest BCUT2D eigenvalue weighted by Crippen LogP contribution is 2.13. The average molecular weight is 394 g/mol. The number of hydrogen-bond donors (Lipinski definition) is 2. The van der Waals surface area contributed by atoms with Crippen molar-refractivity contribution >= 4 is 28.9 Å². The van der Waals surface area contributed by atoms with Crippen LogP contribution >= 0.6 is 12.2 Å². The van der Waals surface area contributed by atoms with Gasteiger partial charge in [0.25, 0.3) is 5.91 Å². The Morgan fingerprint density at radius 1 is 0.964 bits per heavy atom. The van der Waals surface area contributed by atoms with Gasteiger partial charge in [0.15, 0.2) is 5.11 Å². The van der Waals surface area contributed by atoms with E-state index in [1.807, 2.05) is 18.2 Å². The van der Waals surface area contributed by atoms with Crippen LogP contribution in [0.25, 0.3) is 0 Å². The molecule has 0 aliphatic heterocycles. The Hall–Kier alpha value is -3.25. The number of carbonyl (C=O) groups excluding carboxylic acids is 1. The highest BCUT2D eigenvalue weighted by molar-refractivity contribution is 7.80. The molecule has 3 rings (SSSR count). The second-order valence-corrected chi connectivity index (χ2v) is 6.44. The SMILES string of the molecule is O=C(NC(=S)Nc1cccc(F)c1)c1ccc(OCCc2ccccc2)cc1. The molecule has 0 saturated carbocycles. The fourth-order valence-corrected chi connectivity index (χ4v) is 2.75. The van der Waals surface area contributed by atoms with Crippen LogP contribution in [0.2, 0.25) is 0 Å². The molecular formula is C22H19FN2O2S. The summed E-state index contributed by atoms with van der Waals surface area (Å²) < 4.78 is 18.9. The molecule has 0 atom stereocenters. The predicted octanol–water partition coefficient (Wildman–Crippen LogP) is 4.57. The van der Waals surface area contributed by atoms with E-state index in [1.165, 1.54) is 17.7 Å². The van der Waals surface area contributed by atoms with E-state index >= 15 is 0 Å². The number of halogens is 1. The first-order chi connectivity index (χ1) is 13.6. The fourth-order valence-electron chi connectivity index (χ4n) is 2.54. The van der Waals surface area contributed by atoms with Gasteiger partial charge in [-0.1, -0.05) is 36.4 Å². The molecule has 1 amide bonds. The summed E-state index contributed by atoms with van der Waals surface area (Å²) in [5.41, 5.74) is 2.11. The molecule has 6 heteroatoms. The lowest BCUT2D eigenvalue weighted by Crippen LogP contribution is -2.34. The lowest BCUT2D eigenvalue weighted by atomic mass is 10.2. The maximum absolute atomic E-state index is 13.2. The molecule has 4 nitrogen and oxygen atoms in total. The van der Waals surface area contributed by atoms with Crippen LogP contribution in [0.15, 0.2) is 78.9 Å². The molecule has 0 heterocycles. The summed E-state index contributed by atoms with van der Waals surface area (Å²) in [4.78, 5) is 12.3. The van der Waals surface area contributed by atoms with E-state index in [1.54, 1.807) is 36.4 Å². The van der Waals surface area contributed by atoms with E-state index in [-0.39, 0.29) is 16.8 Å². The van der Waals surface area contributed by atoms with Crippen molar-refractivity contribution in [3.8, 4) is 5.75 Å². The van der Waals surface area contributed by atoms with Crippen LogP contribution in [0.5, 0.6) is 5.75 Å². The second-order valence-electron chi connectivity index (χ2n) is 6.03.